The number of carbonyl (C=O) groups is 3. The molecule has 41 heavy (non-hydrogen) atoms. The van der Waals surface area contributed by atoms with Gasteiger partial charge in [0.2, 0.25) is 0 Å². The van der Waals surface area contributed by atoms with Crippen LogP contribution in [0.3, 0.4) is 0 Å². The maximum atomic E-state index is 13.8. The second kappa shape index (κ2) is 12.9. The molecule has 1 saturated carbocycles. The molecule has 0 spiro atoms. The molecule has 10 heteroatoms. The van der Waals surface area contributed by atoms with Crippen molar-refractivity contribution in [3.05, 3.63) is 53.6 Å². The van der Waals surface area contributed by atoms with Gasteiger partial charge in [-0.1, -0.05) is 37.1 Å². The van der Waals surface area contributed by atoms with E-state index in [0.29, 0.717) is 36.0 Å². The number of imide groups is 1. The van der Waals surface area contributed by atoms with E-state index in [0.717, 1.165) is 30.4 Å². The van der Waals surface area contributed by atoms with E-state index in [2.05, 4.69) is 16.0 Å². The molecule has 5 amide bonds. The Balaban J connectivity index is 1.48. The van der Waals surface area contributed by atoms with E-state index in [1.54, 1.807) is 30.9 Å². The van der Waals surface area contributed by atoms with Crippen molar-refractivity contribution < 1.29 is 24.2 Å². The van der Waals surface area contributed by atoms with Gasteiger partial charge in [0.15, 0.2) is 0 Å². The highest BCUT2D eigenvalue weighted by Crippen LogP contribution is 2.38. The molecule has 1 aliphatic carbocycles. The fraction of sp³-hybridized carbons (Fsp3) is 0.516. The number of aliphatic hydroxyl groups is 1. The van der Waals surface area contributed by atoms with Gasteiger partial charge in [0.05, 0.1) is 18.8 Å². The molecule has 1 heterocycles. The average molecular weight is 566 g/mol. The number of urea groups is 2. The number of ether oxygens (including phenoxy) is 1. The zero-order valence-corrected chi connectivity index (χ0v) is 24.7. The topological polar surface area (TPSA) is 123 Å². The first-order valence-corrected chi connectivity index (χ1v) is 14.3. The molecular formula is C31H43N5O5. The summed E-state index contributed by atoms with van der Waals surface area (Å²) in [7, 11) is 1.52. The molecule has 0 radical (unpaired) electrons. The highest BCUT2D eigenvalue weighted by molar-refractivity contribution is 6.07. The summed E-state index contributed by atoms with van der Waals surface area (Å²) in [5, 5.41) is 18.3. The molecule has 2 fully saturated rings. The second-order valence-corrected chi connectivity index (χ2v) is 11.7. The molecule has 4 N–H and O–H groups in total. The smallest absolute Gasteiger partial charge is 0.328 e. The SMILES string of the molecule is COc1cc(CN2C(=O)N([C@@H](CN[C@H](C)CCO)CC3CC3)C(=O)C2(C)C)ccc1NC(=O)Nc1ccccc1C. The maximum Gasteiger partial charge on any atom is 0.328 e. The lowest BCUT2D eigenvalue weighted by Crippen LogP contribution is -2.49. The van der Waals surface area contributed by atoms with E-state index in [9.17, 15) is 19.5 Å². The van der Waals surface area contributed by atoms with Crippen LogP contribution in [-0.2, 0) is 11.3 Å². The summed E-state index contributed by atoms with van der Waals surface area (Å²) in [5.41, 5.74) is 1.90. The van der Waals surface area contributed by atoms with Crippen molar-refractivity contribution in [1.29, 1.82) is 0 Å². The van der Waals surface area contributed by atoms with Gasteiger partial charge in [0.1, 0.15) is 11.3 Å². The zero-order chi connectivity index (χ0) is 29.7. The highest BCUT2D eigenvalue weighted by Gasteiger charge is 2.53. The van der Waals surface area contributed by atoms with E-state index in [-0.39, 0.29) is 37.2 Å². The number of aliphatic hydroxyl groups excluding tert-OH is 1. The largest absolute Gasteiger partial charge is 0.495 e. The van der Waals surface area contributed by atoms with Crippen LogP contribution in [0.25, 0.3) is 0 Å². The van der Waals surface area contributed by atoms with Gasteiger partial charge in [-0.25, -0.2) is 9.59 Å². The number of amides is 5. The molecule has 1 saturated heterocycles. The number of aryl methyl sites for hydroxylation is 1. The lowest BCUT2D eigenvalue weighted by molar-refractivity contribution is -0.133. The first kappa shape index (κ1) is 30.3. The summed E-state index contributed by atoms with van der Waals surface area (Å²) >= 11 is 0. The summed E-state index contributed by atoms with van der Waals surface area (Å²) in [6.45, 7) is 8.27. The maximum absolute atomic E-state index is 13.8. The molecule has 1 aliphatic heterocycles. The Bertz CT molecular complexity index is 1260. The molecule has 0 bridgehead atoms. The molecule has 10 nitrogen and oxygen atoms in total. The molecule has 4 rings (SSSR count). The third kappa shape index (κ3) is 7.18. The van der Waals surface area contributed by atoms with Crippen LogP contribution in [0, 0.1) is 12.8 Å². The minimum absolute atomic E-state index is 0.0806. The summed E-state index contributed by atoms with van der Waals surface area (Å²) in [5.74, 6) is 0.770. The number of anilines is 2. The van der Waals surface area contributed by atoms with Crippen molar-refractivity contribution in [3.8, 4) is 5.75 Å². The lowest BCUT2D eigenvalue weighted by atomic mass is 10.0. The van der Waals surface area contributed by atoms with Crippen LogP contribution in [0.2, 0.25) is 0 Å². The third-order valence-corrected chi connectivity index (χ3v) is 8.03. The van der Waals surface area contributed by atoms with Gasteiger partial charge in [0.25, 0.3) is 5.91 Å². The number of methoxy groups -OCH3 is 1. The van der Waals surface area contributed by atoms with Gasteiger partial charge in [-0.15, -0.1) is 0 Å². The second-order valence-electron chi connectivity index (χ2n) is 11.7. The first-order chi connectivity index (χ1) is 19.5. The summed E-state index contributed by atoms with van der Waals surface area (Å²) in [6, 6.07) is 12.0. The Morgan fingerprint density at radius 3 is 2.49 bits per heavy atom. The van der Waals surface area contributed by atoms with Gasteiger partial charge in [-0.05, 0) is 75.8 Å². The minimum atomic E-state index is -1.02. The normalized spacial score (nSPS) is 17.9. The molecule has 0 unspecified atom stereocenters. The van der Waals surface area contributed by atoms with Crippen LogP contribution in [0.4, 0.5) is 21.0 Å². The van der Waals surface area contributed by atoms with Crippen LogP contribution >= 0.6 is 0 Å². The number of benzene rings is 2. The van der Waals surface area contributed by atoms with Gasteiger partial charge >= 0.3 is 12.1 Å². The Morgan fingerprint density at radius 1 is 1.12 bits per heavy atom. The Hall–Kier alpha value is -3.63. The predicted molar refractivity (Wildman–Crippen MR) is 159 cm³/mol. The summed E-state index contributed by atoms with van der Waals surface area (Å²) in [4.78, 5) is 43.1. The van der Waals surface area contributed by atoms with E-state index in [1.807, 2.05) is 44.2 Å². The molecule has 2 atom stereocenters. The van der Waals surface area contributed by atoms with Crippen LogP contribution in [0.1, 0.15) is 57.6 Å². The van der Waals surface area contributed by atoms with Crippen molar-refractivity contribution in [1.82, 2.24) is 15.1 Å². The van der Waals surface area contributed by atoms with Gasteiger partial charge in [0, 0.05) is 31.4 Å². The number of rotatable bonds is 13. The zero-order valence-electron chi connectivity index (χ0n) is 24.7. The Kier molecular flexibility index (Phi) is 9.55. The van der Waals surface area contributed by atoms with Gasteiger partial charge in [-0.3, -0.25) is 9.69 Å². The van der Waals surface area contributed by atoms with Crippen molar-refractivity contribution in [3.63, 3.8) is 0 Å². The van der Waals surface area contributed by atoms with Crippen LogP contribution < -0.4 is 20.7 Å². The van der Waals surface area contributed by atoms with Crippen LogP contribution in [0.15, 0.2) is 42.5 Å². The number of nitrogens with one attached hydrogen (secondary N) is 3. The summed E-state index contributed by atoms with van der Waals surface area (Å²) in [6.07, 6.45) is 3.62. The molecular weight excluding hydrogens is 522 g/mol. The Labute approximate surface area is 242 Å². The highest BCUT2D eigenvalue weighted by atomic mass is 16.5. The minimum Gasteiger partial charge on any atom is -0.495 e. The lowest BCUT2D eigenvalue weighted by Gasteiger charge is -2.28. The van der Waals surface area contributed by atoms with Crippen molar-refractivity contribution >= 4 is 29.3 Å². The molecule has 0 aromatic heterocycles. The number of nitrogens with zero attached hydrogens (tertiary/aromatic N) is 2. The van der Waals surface area contributed by atoms with Crippen molar-refractivity contribution in [2.75, 3.05) is 30.9 Å². The summed E-state index contributed by atoms with van der Waals surface area (Å²) < 4.78 is 5.56. The van der Waals surface area contributed by atoms with Crippen molar-refractivity contribution in [2.24, 2.45) is 5.92 Å². The molecule has 2 aliphatic rings. The Morgan fingerprint density at radius 2 is 1.83 bits per heavy atom. The van der Waals surface area contributed by atoms with E-state index in [4.69, 9.17) is 4.74 Å². The molecule has 2 aromatic carbocycles. The first-order valence-electron chi connectivity index (χ1n) is 14.3. The van der Waals surface area contributed by atoms with Crippen LogP contribution in [-0.4, -0.2) is 70.8 Å². The van der Waals surface area contributed by atoms with Gasteiger partial charge in [-0.2, -0.15) is 0 Å². The fourth-order valence-electron chi connectivity index (χ4n) is 5.21. The average Bonchev–Trinajstić information content (AvgIpc) is 3.73. The van der Waals surface area contributed by atoms with E-state index in [1.165, 1.54) is 12.0 Å². The number of hydrogen-bond acceptors (Lipinski definition) is 6. The third-order valence-electron chi connectivity index (χ3n) is 8.03. The van der Waals surface area contributed by atoms with E-state index >= 15 is 0 Å². The van der Waals surface area contributed by atoms with E-state index < -0.39 is 11.6 Å². The monoisotopic (exact) mass is 565 g/mol. The number of hydrogen-bond donors (Lipinski definition) is 4. The quantitative estimate of drug-likeness (QED) is 0.261. The van der Waals surface area contributed by atoms with Crippen LogP contribution in [0.5, 0.6) is 5.75 Å². The standard InChI is InChI=1S/C31H43N5O5/c1-20-8-6-7-9-25(20)33-29(39)34-26-13-12-23(17-27(26)41-5)19-35-30(40)36(28(38)31(35,3)4)24(16-22-10-11-22)18-32-21(2)14-15-37/h6-9,12-13,17,21-22,24,32,37H,10-11,14-16,18-19H2,1-5H3,(H2,33,34,39)/t21-,24-/m1/s1. The van der Waals surface area contributed by atoms with Crippen molar-refractivity contribution in [2.45, 2.75) is 77.5 Å². The van der Waals surface area contributed by atoms with Gasteiger partial charge < -0.3 is 30.7 Å². The molecule has 2 aromatic rings. The fourth-order valence-corrected chi connectivity index (χ4v) is 5.21. The number of para-hydroxylation sites is 1. The predicted octanol–water partition coefficient (Wildman–Crippen LogP) is 4.72. The molecule has 222 valence electrons. The number of carbonyl (C=O) groups excluding carboxylic acids is 3.